The molecule has 0 fully saturated rings. The first-order valence-electron chi connectivity index (χ1n) is 9.63. The quantitative estimate of drug-likeness (QED) is 0.297. The van der Waals surface area contributed by atoms with Crippen LogP contribution >= 0.6 is 57.6 Å². The smallest absolute Gasteiger partial charge is 0.174 e. The fourth-order valence-electron chi connectivity index (χ4n) is 3.06. The number of rotatable bonds is 7. The molecule has 0 unspecified atom stereocenters. The summed E-state index contributed by atoms with van der Waals surface area (Å²) in [6.07, 6.45) is 0. The molecule has 0 aliphatic carbocycles. The van der Waals surface area contributed by atoms with E-state index in [0.717, 1.165) is 25.3 Å². The summed E-state index contributed by atoms with van der Waals surface area (Å²) in [7, 11) is 0. The van der Waals surface area contributed by atoms with Gasteiger partial charge in [-0.1, -0.05) is 71.4 Å². The van der Waals surface area contributed by atoms with Crippen LogP contribution < -0.4 is 14.9 Å². The normalized spacial score (nSPS) is 15.4. The van der Waals surface area contributed by atoms with Crippen molar-refractivity contribution >= 4 is 62.6 Å². The molecule has 3 aromatic carbocycles. The van der Waals surface area contributed by atoms with Crippen LogP contribution in [0.2, 0.25) is 10.0 Å². The zero-order chi connectivity index (χ0) is 21.8. The molecular formula is C23H19Cl2IN2O2S. The van der Waals surface area contributed by atoms with Gasteiger partial charge in [-0.15, -0.1) is 0 Å². The Kier molecular flexibility index (Phi) is 7.53. The van der Waals surface area contributed by atoms with Gasteiger partial charge in [0, 0.05) is 5.56 Å². The van der Waals surface area contributed by atoms with Crippen molar-refractivity contribution in [1.29, 1.82) is 0 Å². The molecule has 8 heteroatoms. The van der Waals surface area contributed by atoms with Gasteiger partial charge >= 0.3 is 0 Å². The van der Waals surface area contributed by atoms with Crippen LogP contribution in [0.1, 0.15) is 29.0 Å². The number of ether oxygens (including phenoxy) is 2. The standard InChI is InChI=1S/C23H19Cl2IN2O2S/c1-2-29-20-12-16(23-28-27-22(31-23)15-6-4-3-5-7-15)11-19(26)21(20)30-13-14-8-9-17(24)18(25)10-14/h3-12,23,28H,2,13H2,1H3/t23-/m0/s1. The molecule has 0 spiro atoms. The van der Waals surface area contributed by atoms with Crippen molar-refractivity contribution in [1.82, 2.24) is 5.43 Å². The van der Waals surface area contributed by atoms with Gasteiger partial charge in [0.25, 0.3) is 0 Å². The Morgan fingerprint density at radius 2 is 1.84 bits per heavy atom. The van der Waals surface area contributed by atoms with Crippen molar-refractivity contribution in [2.75, 3.05) is 6.61 Å². The van der Waals surface area contributed by atoms with Crippen LogP contribution in [0.15, 0.2) is 65.8 Å². The maximum Gasteiger partial charge on any atom is 0.174 e. The molecule has 1 heterocycles. The van der Waals surface area contributed by atoms with Crippen molar-refractivity contribution in [3.05, 3.63) is 91.0 Å². The Morgan fingerprint density at radius 1 is 1.03 bits per heavy atom. The monoisotopic (exact) mass is 584 g/mol. The first kappa shape index (κ1) is 22.6. The highest BCUT2D eigenvalue weighted by atomic mass is 127. The van der Waals surface area contributed by atoms with E-state index in [0.29, 0.717) is 34.8 Å². The summed E-state index contributed by atoms with van der Waals surface area (Å²) in [4.78, 5) is 0. The van der Waals surface area contributed by atoms with Gasteiger partial charge in [-0.3, -0.25) is 5.43 Å². The molecular weight excluding hydrogens is 566 g/mol. The minimum absolute atomic E-state index is 0.00653. The van der Waals surface area contributed by atoms with Crippen LogP contribution in [0.5, 0.6) is 11.5 Å². The summed E-state index contributed by atoms with van der Waals surface area (Å²) in [6, 6.07) is 19.8. The molecule has 0 saturated carbocycles. The summed E-state index contributed by atoms with van der Waals surface area (Å²) in [6.45, 7) is 2.87. The molecule has 0 radical (unpaired) electrons. The predicted molar refractivity (Wildman–Crippen MR) is 138 cm³/mol. The first-order valence-corrected chi connectivity index (χ1v) is 12.3. The second-order valence-corrected chi connectivity index (χ2v) is 9.78. The van der Waals surface area contributed by atoms with E-state index in [1.807, 2.05) is 43.3 Å². The molecule has 3 aromatic rings. The van der Waals surface area contributed by atoms with Gasteiger partial charge < -0.3 is 9.47 Å². The van der Waals surface area contributed by atoms with Crippen LogP contribution in [0, 0.1) is 3.57 Å². The number of benzene rings is 3. The largest absolute Gasteiger partial charge is 0.490 e. The number of halogens is 3. The van der Waals surface area contributed by atoms with Gasteiger partial charge in [-0.2, -0.15) is 5.10 Å². The lowest BCUT2D eigenvalue weighted by Gasteiger charge is -2.18. The molecule has 0 amide bonds. The lowest BCUT2D eigenvalue weighted by Crippen LogP contribution is -2.09. The Bertz CT molecular complexity index is 1110. The fraction of sp³-hybridized carbons (Fsp3) is 0.174. The number of nitrogens with zero attached hydrogens (tertiary/aromatic N) is 1. The Labute approximate surface area is 209 Å². The summed E-state index contributed by atoms with van der Waals surface area (Å²) in [5.74, 6) is 1.42. The molecule has 1 N–H and O–H groups in total. The third kappa shape index (κ3) is 5.42. The van der Waals surface area contributed by atoms with E-state index < -0.39 is 0 Å². The molecule has 160 valence electrons. The van der Waals surface area contributed by atoms with E-state index in [2.05, 4.69) is 51.3 Å². The van der Waals surface area contributed by atoms with E-state index in [1.165, 1.54) is 0 Å². The predicted octanol–water partition coefficient (Wildman–Crippen LogP) is 7.27. The molecule has 1 aliphatic heterocycles. The second-order valence-electron chi connectivity index (χ2n) is 6.71. The second kappa shape index (κ2) is 10.3. The molecule has 0 bridgehead atoms. The van der Waals surface area contributed by atoms with Gasteiger partial charge in [0.1, 0.15) is 17.0 Å². The molecule has 0 aromatic heterocycles. The van der Waals surface area contributed by atoms with Crippen LogP contribution in [0.3, 0.4) is 0 Å². The van der Waals surface area contributed by atoms with Crippen molar-refractivity contribution < 1.29 is 9.47 Å². The Morgan fingerprint density at radius 3 is 2.58 bits per heavy atom. The van der Waals surface area contributed by atoms with Crippen molar-refractivity contribution in [2.24, 2.45) is 5.10 Å². The first-order chi connectivity index (χ1) is 15.0. The maximum absolute atomic E-state index is 6.12. The number of hydrazone groups is 1. The van der Waals surface area contributed by atoms with E-state index in [1.54, 1.807) is 17.8 Å². The number of hydrogen-bond acceptors (Lipinski definition) is 5. The van der Waals surface area contributed by atoms with Gasteiger partial charge in [-0.25, -0.2) is 0 Å². The highest BCUT2D eigenvalue weighted by molar-refractivity contribution is 14.1. The zero-order valence-electron chi connectivity index (χ0n) is 16.6. The molecule has 4 rings (SSSR count). The summed E-state index contributed by atoms with van der Waals surface area (Å²) in [5, 5.41) is 6.53. The van der Waals surface area contributed by atoms with Crippen LogP contribution in [0.25, 0.3) is 0 Å². The average Bonchev–Trinajstić information content (AvgIpc) is 3.27. The average molecular weight is 585 g/mol. The lowest BCUT2D eigenvalue weighted by molar-refractivity contribution is 0.267. The third-order valence-electron chi connectivity index (χ3n) is 4.54. The van der Waals surface area contributed by atoms with Gasteiger partial charge in [0.05, 0.1) is 20.2 Å². The molecule has 4 nitrogen and oxygen atoms in total. The maximum atomic E-state index is 6.12. The van der Waals surface area contributed by atoms with Gasteiger partial charge in [0.2, 0.25) is 0 Å². The van der Waals surface area contributed by atoms with Crippen molar-refractivity contribution in [3.63, 3.8) is 0 Å². The van der Waals surface area contributed by atoms with Crippen LogP contribution in [-0.2, 0) is 6.61 Å². The highest BCUT2D eigenvalue weighted by Crippen LogP contribution is 2.41. The topological polar surface area (TPSA) is 42.8 Å². The minimum atomic E-state index is 0.00653. The van der Waals surface area contributed by atoms with Gasteiger partial charge in [0.15, 0.2) is 11.5 Å². The Balaban J connectivity index is 1.53. The van der Waals surface area contributed by atoms with E-state index in [-0.39, 0.29) is 5.37 Å². The summed E-state index contributed by atoms with van der Waals surface area (Å²) < 4.78 is 13.0. The van der Waals surface area contributed by atoms with E-state index in [9.17, 15) is 0 Å². The number of thioether (sulfide) groups is 1. The fourth-order valence-corrected chi connectivity index (χ4v) is 5.14. The van der Waals surface area contributed by atoms with Gasteiger partial charge in [-0.05, 0) is 64.9 Å². The number of hydrogen-bond donors (Lipinski definition) is 1. The highest BCUT2D eigenvalue weighted by Gasteiger charge is 2.24. The third-order valence-corrected chi connectivity index (χ3v) is 7.24. The Hall–Kier alpha value is -1.61. The molecule has 1 aliphatic rings. The van der Waals surface area contributed by atoms with Crippen LogP contribution in [-0.4, -0.2) is 11.7 Å². The summed E-state index contributed by atoms with van der Waals surface area (Å²) in [5.41, 5.74) is 6.35. The number of nitrogens with one attached hydrogen (secondary N) is 1. The zero-order valence-corrected chi connectivity index (χ0v) is 21.1. The van der Waals surface area contributed by atoms with Crippen LogP contribution in [0.4, 0.5) is 0 Å². The van der Waals surface area contributed by atoms with Crippen molar-refractivity contribution in [3.8, 4) is 11.5 Å². The summed E-state index contributed by atoms with van der Waals surface area (Å²) >= 11 is 16.1. The molecule has 31 heavy (non-hydrogen) atoms. The molecule has 1 atom stereocenters. The van der Waals surface area contributed by atoms with E-state index >= 15 is 0 Å². The van der Waals surface area contributed by atoms with E-state index in [4.69, 9.17) is 32.7 Å². The van der Waals surface area contributed by atoms with Crippen molar-refractivity contribution in [2.45, 2.75) is 18.9 Å². The minimum Gasteiger partial charge on any atom is -0.490 e. The molecule has 0 saturated heterocycles. The lowest BCUT2D eigenvalue weighted by atomic mass is 10.2. The SMILES string of the molecule is CCOc1cc([C@H]2NN=C(c3ccccc3)S2)cc(I)c1OCc1ccc(Cl)c(Cl)c1.